The van der Waals surface area contributed by atoms with Crippen LogP contribution in [0.25, 0.3) is 6.08 Å². The van der Waals surface area contributed by atoms with E-state index in [1.54, 1.807) is 25.5 Å². The molecule has 33 heavy (non-hydrogen) atoms. The van der Waals surface area contributed by atoms with Crippen molar-refractivity contribution in [1.82, 2.24) is 9.13 Å². The molecule has 0 N–H and O–H groups in total. The number of aryl methyl sites for hydroxylation is 1. The van der Waals surface area contributed by atoms with Crippen molar-refractivity contribution in [2.24, 2.45) is 12.0 Å². The number of fused-ring (bicyclic) bond motifs is 1. The molecule has 2 aromatic heterocycles. The van der Waals surface area contributed by atoms with Crippen molar-refractivity contribution >= 4 is 23.4 Å². The van der Waals surface area contributed by atoms with E-state index in [0.29, 0.717) is 26.4 Å². The van der Waals surface area contributed by atoms with E-state index in [0.717, 1.165) is 22.5 Å². The average Bonchev–Trinajstić information content (AvgIpc) is 3.23. The Balaban J connectivity index is 1.96. The molecule has 0 fully saturated rings. The molecule has 8 heteroatoms. The first-order valence-electron chi connectivity index (χ1n) is 10.7. The number of nitrogens with zero attached hydrogens (tertiary/aromatic N) is 3. The van der Waals surface area contributed by atoms with Gasteiger partial charge in [-0.05, 0) is 63.1 Å². The number of rotatable bonds is 5. The molecule has 0 amide bonds. The molecule has 1 aromatic carbocycles. The minimum absolute atomic E-state index is 0.185. The normalized spacial score (nSPS) is 15.9. The molecule has 172 valence electrons. The van der Waals surface area contributed by atoms with Gasteiger partial charge in [-0.15, -0.1) is 0 Å². The monoisotopic (exact) mass is 465 g/mol. The molecule has 0 radical (unpaired) electrons. The van der Waals surface area contributed by atoms with E-state index in [4.69, 9.17) is 9.47 Å². The van der Waals surface area contributed by atoms with E-state index < -0.39 is 12.0 Å². The molecule has 0 unspecified atom stereocenters. The zero-order valence-electron chi connectivity index (χ0n) is 19.6. The topological polar surface area (TPSA) is 74.8 Å². The van der Waals surface area contributed by atoms with Crippen LogP contribution < -0.4 is 19.6 Å². The summed E-state index contributed by atoms with van der Waals surface area (Å²) in [6.45, 7) is 7.84. The van der Waals surface area contributed by atoms with Crippen LogP contribution in [0.2, 0.25) is 0 Å². The number of benzene rings is 1. The van der Waals surface area contributed by atoms with Gasteiger partial charge in [0.2, 0.25) is 0 Å². The molecule has 1 atom stereocenters. The molecule has 4 rings (SSSR count). The van der Waals surface area contributed by atoms with Gasteiger partial charge >= 0.3 is 5.97 Å². The number of carbonyl (C=O) groups is 1. The summed E-state index contributed by atoms with van der Waals surface area (Å²) in [6.07, 6.45) is 1.90. The molecule has 0 saturated heterocycles. The number of hydrogen-bond donors (Lipinski definition) is 0. The lowest BCUT2D eigenvalue weighted by atomic mass is 9.96. The van der Waals surface area contributed by atoms with Gasteiger partial charge in [-0.25, -0.2) is 9.79 Å². The average molecular weight is 466 g/mol. The number of thiazole rings is 1. The quantitative estimate of drug-likeness (QED) is 0.543. The maximum absolute atomic E-state index is 13.6. The fraction of sp³-hybridized carbons (Fsp3) is 0.320. The highest BCUT2D eigenvalue weighted by Gasteiger charge is 2.33. The van der Waals surface area contributed by atoms with Crippen molar-refractivity contribution in [3.05, 3.63) is 83.8 Å². The Morgan fingerprint density at radius 2 is 1.91 bits per heavy atom. The SMILES string of the molecule is CCOC(=O)C1=C(C)N=c2s/c(=C/c3cc(C)n(C)c3C)c(=O)n2[C@@H]1c1ccc(OC)cc1. The van der Waals surface area contributed by atoms with Crippen LogP contribution in [0, 0.1) is 13.8 Å². The molecular weight excluding hydrogens is 438 g/mol. The van der Waals surface area contributed by atoms with E-state index >= 15 is 0 Å². The highest BCUT2D eigenvalue weighted by Crippen LogP contribution is 2.31. The van der Waals surface area contributed by atoms with Gasteiger partial charge in [-0.1, -0.05) is 23.5 Å². The third kappa shape index (κ3) is 3.95. The Bertz CT molecular complexity index is 1440. The number of esters is 1. The maximum Gasteiger partial charge on any atom is 0.338 e. The summed E-state index contributed by atoms with van der Waals surface area (Å²) < 4.78 is 14.9. The molecule has 7 nitrogen and oxygen atoms in total. The van der Waals surface area contributed by atoms with Gasteiger partial charge in [0.15, 0.2) is 4.80 Å². The van der Waals surface area contributed by atoms with Gasteiger partial charge < -0.3 is 14.0 Å². The van der Waals surface area contributed by atoms with Crippen LogP contribution in [-0.4, -0.2) is 28.8 Å². The van der Waals surface area contributed by atoms with E-state index in [2.05, 4.69) is 15.6 Å². The summed E-state index contributed by atoms with van der Waals surface area (Å²) in [5, 5.41) is 0. The summed E-state index contributed by atoms with van der Waals surface area (Å²) in [6, 6.07) is 8.79. The molecule has 3 aromatic rings. The third-order valence-electron chi connectivity index (χ3n) is 6.05. The zero-order valence-corrected chi connectivity index (χ0v) is 20.4. The highest BCUT2D eigenvalue weighted by molar-refractivity contribution is 7.07. The van der Waals surface area contributed by atoms with E-state index in [1.807, 2.05) is 51.2 Å². The lowest BCUT2D eigenvalue weighted by molar-refractivity contribution is -0.139. The lowest BCUT2D eigenvalue weighted by Crippen LogP contribution is -2.39. The fourth-order valence-electron chi connectivity index (χ4n) is 4.06. The van der Waals surface area contributed by atoms with Crippen LogP contribution in [0.5, 0.6) is 5.75 Å². The van der Waals surface area contributed by atoms with E-state index in [1.165, 1.54) is 11.3 Å². The number of hydrogen-bond acceptors (Lipinski definition) is 6. The maximum atomic E-state index is 13.6. The van der Waals surface area contributed by atoms with Crippen molar-refractivity contribution in [2.45, 2.75) is 33.7 Å². The van der Waals surface area contributed by atoms with Gasteiger partial charge in [-0.3, -0.25) is 9.36 Å². The summed E-state index contributed by atoms with van der Waals surface area (Å²) in [5.41, 5.74) is 4.70. The summed E-state index contributed by atoms with van der Waals surface area (Å²) >= 11 is 1.33. The molecule has 0 saturated carbocycles. The van der Waals surface area contributed by atoms with Gasteiger partial charge in [0, 0.05) is 18.4 Å². The third-order valence-corrected chi connectivity index (χ3v) is 7.03. The molecule has 0 bridgehead atoms. The Kier molecular flexibility index (Phi) is 6.12. The van der Waals surface area contributed by atoms with Crippen LogP contribution >= 0.6 is 11.3 Å². The smallest absolute Gasteiger partial charge is 0.338 e. The van der Waals surface area contributed by atoms with Crippen LogP contribution in [0.3, 0.4) is 0 Å². The Hall–Kier alpha value is -3.39. The zero-order chi connectivity index (χ0) is 23.9. The number of methoxy groups -OCH3 is 1. The molecule has 1 aliphatic heterocycles. The fourth-order valence-corrected chi connectivity index (χ4v) is 5.10. The van der Waals surface area contributed by atoms with Gasteiger partial charge in [-0.2, -0.15) is 0 Å². The Labute approximate surface area is 195 Å². The molecule has 0 spiro atoms. The number of allylic oxidation sites excluding steroid dienone is 1. The minimum Gasteiger partial charge on any atom is -0.497 e. The van der Waals surface area contributed by atoms with Crippen molar-refractivity contribution in [2.75, 3.05) is 13.7 Å². The van der Waals surface area contributed by atoms with E-state index in [9.17, 15) is 9.59 Å². The molecule has 0 aliphatic carbocycles. The molecule has 3 heterocycles. The van der Waals surface area contributed by atoms with Crippen LogP contribution in [0.15, 0.2) is 51.4 Å². The van der Waals surface area contributed by atoms with Crippen molar-refractivity contribution in [3.63, 3.8) is 0 Å². The van der Waals surface area contributed by atoms with Crippen LogP contribution in [0.1, 0.15) is 42.4 Å². The second-order valence-electron chi connectivity index (χ2n) is 7.96. The lowest BCUT2D eigenvalue weighted by Gasteiger charge is -2.24. The van der Waals surface area contributed by atoms with Gasteiger partial charge in [0.25, 0.3) is 5.56 Å². The summed E-state index contributed by atoms with van der Waals surface area (Å²) in [4.78, 5) is 31.7. The largest absolute Gasteiger partial charge is 0.497 e. The number of aromatic nitrogens is 2. The second kappa shape index (κ2) is 8.86. The Morgan fingerprint density at radius 3 is 2.48 bits per heavy atom. The summed E-state index contributed by atoms with van der Waals surface area (Å²) in [7, 11) is 3.60. The highest BCUT2D eigenvalue weighted by atomic mass is 32.1. The van der Waals surface area contributed by atoms with Crippen molar-refractivity contribution < 1.29 is 14.3 Å². The van der Waals surface area contributed by atoms with E-state index in [-0.39, 0.29) is 12.2 Å². The number of carbonyl (C=O) groups excluding carboxylic acids is 1. The molecule has 1 aliphatic rings. The van der Waals surface area contributed by atoms with Crippen molar-refractivity contribution in [3.8, 4) is 5.75 Å². The Morgan fingerprint density at radius 1 is 1.21 bits per heavy atom. The first-order valence-corrected chi connectivity index (χ1v) is 11.5. The van der Waals surface area contributed by atoms with Crippen LogP contribution in [-0.2, 0) is 16.6 Å². The number of ether oxygens (including phenoxy) is 2. The second-order valence-corrected chi connectivity index (χ2v) is 8.97. The molecular formula is C25H27N3O4S. The van der Waals surface area contributed by atoms with Gasteiger partial charge in [0.05, 0.1) is 35.6 Å². The standard InChI is InChI=1S/C25H27N3O4S/c1-7-32-24(30)21-15(3)26-25-28(22(21)17-8-10-19(31-6)11-9-17)23(29)20(33-25)13-18-12-14(2)27(5)16(18)4/h8-13,22H,7H2,1-6H3/b20-13+/t22-/m1/s1. The van der Waals surface area contributed by atoms with Crippen molar-refractivity contribution in [1.29, 1.82) is 0 Å². The minimum atomic E-state index is -0.632. The summed E-state index contributed by atoms with van der Waals surface area (Å²) in [5.74, 6) is 0.225. The predicted molar refractivity (Wildman–Crippen MR) is 128 cm³/mol. The first-order chi connectivity index (χ1) is 15.8. The van der Waals surface area contributed by atoms with Gasteiger partial charge in [0.1, 0.15) is 5.75 Å². The predicted octanol–water partition coefficient (Wildman–Crippen LogP) is 2.76. The first kappa shape index (κ1) is 22.8. The van der Waals surface area contributed by atoms with Crippen LogP contribution in [0.4, 0.5) is 0 Å².